The van der Waals surface area contributed by atoms with E-state index in [4.69, 9.17) is 4.74 Å². The molecule has 0 saturated heterocycles. The monoisotopic (exact) mass is 450 g/mol. The molecule has 0 aliphatic rings. The standard InChI is InChI=1S/C24H23FN4O2S/c1-3-31-20-7-5-18(6-8-20)24-28-19(15-32-24)13-23(30)27-14-17-4-9-22(21(25)12-17)29-11-10-26-16(29)2/h4-12,15H,3,13-14H2,1-2H3,(H,27,30). The number of thiazole rings is 1. The van der Waals surface area contributed by atoms with Gasteiger partial charge in [0, 0.05) is 29.9 Å². The van der Waals surface area contributed by atoms with Crippen molar-refractivity contribution in [3.63, 3.8) is 0 Å². The van der Waals surface area contributed by atoms with E-state index < -0.39 is 0 Å². The second-order valence-corrected chi connectivity index (χ2v) is 8.04. The quantitative estimate of drug-likeness (QED) is 0.422. The van der Waals surface area contributed by atoms with Gasteiger partial charge in [0.2, 0.25) is 5.91 Å². The summed E-state index contributed by atoms with van der Waals surface area (Å²) >= 11 is 1.49. The van der Waals surface area contributed by atoms with E-state index in [-0.39, 0.29) is 24.7 Å². The van der Waals surface area contributed by atoms with Gasteiger partial charge in [0.25, 0.3) is 0 Å². The molecule has 0 radical (unpaired) electrons. The van der Waals surface area contributed by atoms with Crippen molar-refractivity contribution >= 4 is 17.2 Å². The molecular weight excluding hydrogens is 427 g/mol. The molecule has 4 rings (SSSR count). The van der Waals surface area contributed by atoms with Gasteiger partial charge in [0.15, 0.2) is 0 Å². The van der Waals surface area contributed by atoms with Crippen molar-refractivity contribution in [1.29, 1.82) is 0 Å². The zero-order valence-corrected chi connectivity index (χ0v) is 18.7. The Morgan fingerprint density at radius 2 is 2.03 bits per heavy atom. The van der Waals surface area contributed by atoms with E-state index in [9.17, 15) is 9.18 Å². The Labute approximate surface area is 189 Å². The maximum absolute atomic E-state index is 14.5. The average molecular weight is 451 g/mol. The molecule has 0 fully saturated rings. The van der Waals surface area contributed by atoms with E-state index in [1.54, 1.807) is 29.1 Å². The Balaban J connectivity index is 1.33. The predicted octanol–water partition coefficient (Wildman–Crippen LogP) is 4.70. The minimum absolute atomic E-state index is 0.163. The first kappa shape index (κ1) is 21.7. The number of imidazole rings is 1. The third-order valence-electron chi connectivity index (χ3n) is 4.89. The molecule has 0 spiro atoms. The zero-order chi connectivity index (χ0) is 22.5. The second-order valence-electron chi connectivity index (χ2n) is 7.19. The molecule has 0 bridgehead atoms. The summed E-state index contributed by atoms with van der Waals surface area (Å²) in [6, 6.07) is 12.6. The molecule has 2 heterocycles. The number of amides is 1. The fourth-order valence-electron chi connectivity index (χ4n) is 3.30. The number of carbonyl (C=O) groups is 1. The lowest BCUT2D eigenvalue weighted by atomic mass is 10.2. The zero-order valence-electron chi connectivity index (χ0n) is 17.8. The van der Waals surface area contributed by atoms with Crippen LogP contribution in [0.25, 0.3) is 16.3 Å². The summed E-state index contributed by atoms with van der Waals surface area (Å²) in [5.41, 5.74) is 2.80. The summed E-state index contributed by atoms with van der Waals surface area (Å²) in [6.07, 6.45) is 3.51. The summed E-state index contributed by atoms with van der Waals surface area (Å²) in [6.45, 7) is 4.62. The van der Waals surface area contributed by atoms with E-state index in [1.165, 1.54) is 17.4 Å². The molecule has 1 amide bonds. The highest BCUT2D eigenvalue weighted by molar-refractivity contribution is 7.13. The van der Waals surface area contributed by atoms with Crippen LogP contribution in [0.4, 0.5) is 4.39 Å². The van der Waals surface area contributed by atoms with Gasteiger partial charge in [-0.1, -0.05) is 6.07 Å². The highest BCUT2D eigenvalue weighted by Gasteiger charge is 2.11. The number of aromatic nitrogens is 3. The number of nitrogens with one attached hydrogen (secondary N) is 1. The molecule has 0 unspecified atom stereocenters. The van der Waals surface area contributed by atoms with E-state index >= 15 is 0 Å². The first-order valence-electron chi connectivity index (χ1n) is 10.3. The van der Waals surface area contributed by atoms with Crippen LogP contribution in [0.15, 0.2) is 60.2 Å². The van der Waals surface area contributed by atoms with Crippen molar-refractivity contribution in [3.05, 3.63) is 83.1 Å². The molecule has 0 saturated carbocycles. The van der Waals surface area contributed by atoms with Gasteiger partial charge in [-0.2, -0.15) is 0 Å². The minimum atomic E-state index is -0.364. The number of ether oxygens (including phenoxy) is 1. The fraction of sp³-hybridized carbons (Fsp3) is 0.208. The van der Waals surface area contributed by atoms with Crippen molar-refractivity contribution in [2.45, 2.75) is 26.8 Å². The molecule has 0 aliphatic heterocycles. The number of carbonyl (C=O) groups excluding carboxylic acids is 1. The molecule has 0 aliphatic carbocycles. The van der Waals surface area contributed by atoms with Crippen LogP contribution in [0, 0.1) is 12.7 Å². The maximum atomic E-state index is 14.5. The number of halogens is 1. The highest BCUT2D eigenvalue weighted by atomic mass is 32.1. The third kappa shape index (κ3) is 5.03. The Kier molecular flexibility index (Phi) is 6.61. The second kappa shape index (κ2) is 9.74. The van der Waals surface area contributed by atoms with Gasteiger partial charge in [0.05, 0.1) is 24.4 Å². The number of hydrogen-bond donors (Lipinski definition) is 1. The number of rotatable bonds is 8. The van der Waals surface area contributed by atoms with Crippen molar-refractivity contribution in [2.24, 2.45) is 0 Å². The van der Waals surface area contributed by atoms with Gasteiger partial charge in [0.1, 0.15) is 22.4 Å². The number of benzene rings is 2. The van der Waals surface area contributed by atoms with Crippen LogP contribution in [0.2, 0.25) is 0 Å². The van der Waals surface area contributed by atoms with Crippen LogP contribution in [0.3, 0.4) is 0 Å². The first-order chi connectivity index (χ1) is 15.5. The van der Waals surface area contributed by atoms with E-state index in [0.29, 0.717) is 29.4 Å². The van der Waals surface area contributed by atoms with Gasteiger partial charge in [-0.15, -0.1) is 11.3 Å². The fourth-order valence-corrected chi connectivity index (χ4v) is 4.12. The molecule has 2 aromatic carbocycles. The minimum Gasteiger partial charge on any atom is -0.494 e. The van der Waals surface area contributed by atoms with Crippen LogP contribution in [-0.2, 0) is 17.8 Å². The lowest BCUT2D eigenvalue weighted by Crippen LogP contribution is -2.24. The molecule has 1 N–H and O–H groups in total. The van der Waals surface area contributed by atoms with Crippen LogP contribution >= 0.6 is 11.3 Å². The van der Waals surface area contributed by atoms with Crippen molar-refractivity contribution in [1.82, 2.24) is 19.9 Å². The molecular formula is C24H23FN4O2S. The number of aryl methyl sites for hydroxylation is 1. The Bertz CT molecular complexity index is 1220. The number of hydrogen-bond acceptors (Lipinski definition) is 5. The van der Waals surface area contributed by atoms with Gasteiger partial charge in [-0.3, -0.25) is 4.79 Å². The molecule has 2 aromatic heterocycles. The highest BCUT2D eigenvalue weighted by Crippen LogP contribution is 2.26. The predicted molar refractivity (Wildman–Crippen MR) is 123 cm³/mol. The van der Waals surface area contributed by atoms with Gasteiger partial charge >= 0.3 is 0 Å². The van der Waals surface area contributed by atoms with Crippen LogP contribution < -0.4 is 10.1 Å². The van der Waals surface area contributed by atoms with E-state index in [2.05, 4.69) is 15.3 Å². The van der Waals surface area contributed by atoms with E-state index in [0.717, 1.165) is 16.3 Å². The van der Waals surface area contributed by atoms with Gasteiger partial charge in [-0.05, 0) is 55.8 Å². The van der Waals surface area contributed by atoms with Crippen LogP contribution in [-0.4, -0.2) is 27.0 Å². The summed E-state index contributed by atoms with van der Waals surface area (Å²) in [7, 11) is 0. The molecule has 32 heavy (non-hydrogen) atoms. The summed E-state index contributed by atoms with van der Waals surface area (Å²) in [5, 5.41) is 5.57. The summed E-state index contributed by atoms with van der Waals surface area (Å²) in [4.78, 5) is 21.0. The Morgan fingerprint density at radius 3 is 2.72 bits per heavy atom. The van der Waals surface area contributed by atoms with Crippen molar-refractivity contribution in [3.8, 4) is 22.0 Å². The number of nitrogens with zero attached hydrogens (tertiary/aromatic N) is 3. The van der Waals surface area contributed by atoms with Crippen LogP contribution in [0.5, 0.6) is 5.75 Å². The summed E-state index contributed by atoms with van der Waals surface area (Å²) in [5.74, 6) is 0.996. The van der Waals surface area contributed by atoms with Crippen molar-refractivity contribution in [2.75, 3.05) is 6.61 Å². The molecule has 4 aromatic rings. The van der Waals surface area contributed by atoms with Crippen molar-refractivity contribution < 1.29 is 13.9 Å². The van der Waals surface area contributed by atoms with Gasteiger partial charge in [-0.25, -0.2) is 14.4 Å². The summed E-state index contributed by atoms with van der Waals surface area (Å²) < 4.78 is 21.7. The average Bonchev–Trinajstić information content (AvgIpc) is 3.42. The first-order valence-corrected chi connectivity index (χ1v) is 11.1. The topological polar surface area (TPSA) is 69.0 Å². The lowest BCUT2D eigenvalue weighted by molar-refractivity contribution is -0.120. The molecule has 8 heteroatoms. The largest absolute Gasteiger partial charge is 0.494 e. The maximum Gasteiger partial charge on any atom is 0.226 e. The van der Waals surface area contributed by atoms with Gasteiger partial charge < -0.3 is 14.6 Å². The lowest BCUT2D eigenvalue weighted by Gasteiger charge is -2.09. The molecule has 164 valence electrons. The SMILES string of the molecule is CCOc1ccc(-c2nc(CC(=O)NCc3ccc(-n4ccnc4C)c(F)c3)cs2)cc1. The smallest absolute Gasteiger partial charge is 0.226 e. The molecule has 0 atom stereocenters. The third-order valence-corrected chi connectivity index (χ3v) is 5.83. The molecule has 6 nitrogen and oxygen atoms in total. The Morgan fingerprint density at radius 1 is 1.22 bits per heavy atom. The van der Waals surface area contributed by atoms with Crippen LogP contribution in [0.1, 0.15) is 24.0 Å². The Hall–Kier alpha value is -3.52. The van der Waals surface area contributed by atoms with E-state index in [1.807, 2.05) is 43.5 Å². The normalized spacial score (nSPS) is 10.8.